The van der Waals surface area contributed by atoms with E-state index in [0.29, 0.717) is 5.92 Å². The summed E-state index contributed by atoms with van der Waals surface area (Å²) in [5.74, 6) is 1.46. The number of nitrogens with zero attached hydrogens (tertiary/aromatic N) is 1. The zero-order chi connectivity index (χ0) is 15.3. The van der Waals surface area contributed by atoms with Crippen LogP contribution in [-0.2, 0) is 4.74 Å². The molecule has 0 bridgehead atoms. The van der Waals surface area contributed by atoms with Gasteiger partial charge in [0.05, 0.1) is 0 Å². The maximum absolute atomic E-state index is 12.0. The first-order chi connectivity index (χ1) is 9.94. The lowest BCUT2D eigenvalue weighted by Gasteiger charge is -2.25. The van der Waals surface area contributed by atoms with Crippen molar-refractivity contribution < 1.29 is 9.53 Å². The molecule has 1 N–H and O–H groups in total. The number of rotatable bonds is 4. The van der Waals surface area contributed by atoms with Crippen LogP contribution in [0, 0.1) is 11.8 Å². The van der Waals surface area contributed by atoms with Gasteiger partial charge in [-0.15, -0.1) is 0 Å². The fourth-order valence-electron chi connectivity index (χ4n) is 3.37. The van der Waals surface area contributed by atoms with Gasteiger partial charge in [0.15, 0.2) is 0 Å². The smallest absolute Gasteiger partial charge is 0.410 e. The molecule has 0 spiro atoms. The van der Waals surface area contributed by atoms with Gasteiger partial charge >= 0.3 is 6.09 Å². The van der Waals surface area contributed by atoms with E-state index in [0.717, 1.165) is 38.5 Å². The molecule has 4 heteroatoms. The number of carbonyl (C=O) groups is 1. The molecule has 2 rings (SSSR count). The van der Waals surface area contributed by atoms with Gasteiger partial charge in [-0.3, -0.25) is 0 Å². The highest BCUT2D eigenvalue weighted by Crippen LogP contribution is 2.23. The molecule has 4 nitrogen and oxygen atoms in total. The number of nitrogens with one attached hydrogen (secondary N) is 1. The van der Waals surface area contributed by atoms with Crippen LogP contribution in [0.3, 0.4) is 0 Å². The average molecular weight is 296 g/mol. The zero-order valence-corrected chi connectivity index (χ0v) is 14.0. The standard InChI is InChI=1S/C17H32N2O2/c1-17(2,3)21-16(20)19-10-9-15(13-19)12-18-11-14-7-5-4-6-8-14/h14-15,18H,4-13H2,1-3H3. The highest BCUT2D eigenvalue weighted by molar-refractivity contribution is 5.68. The molecule has 2 aliphatic rings. The van der Waals surface area contributed by atoms with Crippen LogP contribution in [0.4, 0.5) is 4.79 Å². The molecule has 1 unspecified atom stereocenters. The van der Waals surface area contributed by atoms with Crippen LogP contribution in [0.25, 0.3) is 0 Å². The fraction of sp³-hybridized carbons (Fsp3) is 0.941. The minimum Gasteiger partial charge on any atom is -0.444 e. The molecule has 1 atom stereocenters. The van der Waals surface area contributed by atoms with E-state index >= 15 is 0 Å². The van der Waals surface area contributed by atoms with Crippen LogP contribution in [0.2, 0.25) is 0 Å². The van der Waals surface area contributed by atoms with Gasteiger partial charge in [-0.05, 0) is 65.0 Å². The number of hydrogen-bond acceptors (Lipinski definition) is 3. The molecule has 2 fully saturated rings. The van der Waals surface area contributed by atoms with Crippen LogP contribution < -0.4 is 5.32 Å². The number of hydrogen-bond donors (Lipinski definition) is 1. The Hall–Kier alpha value is -0.770. The van der Waals surface area contributed by atoms with E-state index in [1.807, 2.05) is 25.7 Å². The second-order valence-corrected chi connectivity index (χ2v) is 7.74. The SMILES string of the molecule is CC(C)(C)OC(=O)N1CCC(CNCC2CCCCC2)C1. The largest absolute Gasteiger partial charge is 0.444 e. The number of likely N-dealkylation sites (tertiary alicyclic amines) is 1. The van der Waals surface area contributed by atoms with Crippen molar-refractivity contribution in [3.63, 3.8) is 0 Å². The monoisotopic (exact) mass is 296 g/mol. The third-order valence-electron chi connectivity index (χ3n) is 4.53. The van der Waals surface area contributed by atoms with Gasteiger partial charge < -0.3 is 15.0 Å². The van der Waals surface area contributed by atoms with Crippen molar-refractivity contribution in [1.29, 1.82) is 0 Å². The Bertz CT molecular complexity index is 332. The van der Waals surface area contributed by atoms with E-state index in [9.17, 15) is 4.79 Å². The molecule has 1 amide bonds. The first-order valence-electron chi connectivity index (χ1n) is 8.63. The molecule has 1 heterocycles. The molecule has 122 valence electrons. The Morgan fingerprint density at radius 2 is 1.76 bits per heavy atom. The van der Waals surface area contributed by atoms with E-state index in [1.165, 1.54) is 32.1 Å². The molecule has 0 aromatic rings. The Morgan fingerprint density at radius 1 is 1.10 bits per heavy atom. The van der Waals surface area contributed by atoms with Gasteiger partial charge in [0.1, 0.15) is 5.60 Å². The second-order valence-electron chi connectivity index (χ2n) is 7.74. The summed E-state index contributed by atoms with van der Waals surface area (Å²) in [5.41, 5.74) is -0.394. The van der Waals surface area contributed by atoms with Gasteiger partial charge in [0, 0.05) is 13.1 Å². The molecule has 1 saturated heterocycles. The van der Waals surface area contributed by atoms with E-state index in [1.54, 1.807) is 0 Å². The van der Waals surface area contributed by atoms with Crippen LogP contribution in [0.5, 0.6) is 0 Å². The fourth-order valence-corrected chi connectivity index (χ4v) is 3.37. The van der Waals surface area contributed by atoms with Crippen molar-refractivity contribution in [3.05, 3.63) is 0 Å². The number of amides is 1. The summed E-state index contributed by atoms with van der Waals surface area (Å²) < 4.78 is 5.44. The molecule has 0 radical (unpaired) electrons. The lowest BCUT2D eigenvalue weighted by Crippen LogP contribution is -2.36. The predicted octanol–water partition coefficient (Wildman–Crippen LogP) is 3.41. The molecular weight excluding hydrogens is 264 g/mol. The normalized spacial score (nSPS) is 24.3. The van der Waals surface area contributed by atoms with Crippen LogP contribution >= 0.6 is 0 Å². The van der Waals surface area contributed by atoms with Gasteiger partial charge in [0.25, 0.3) is 0 Å². The van der Waals surface area contributed by atoms with E-state index in [-0.39, 0.29) is 6.09 Å². The first kappa shape index (κ1) is 16.6. The summed E-state index contributed by atoms with van der Waals surface area (Å²) in [7, 11) is 0. The van der Waals surface area contributed by atoms with Gasteiger partial charge in [-0.1, -0.05) is 19.3 Å². The zero-order valence-electron chi connectivity index (χ0n) is 14.0. The molecule has 1 saturated carbocycles. The quantitative estimate of drug-likeness (QED) is 0.864. The van der Waals surface area contributed by atoms with Gasteiger partial charge in [-0.25, -0.2) is 4.79 Å². The van der Waals surface area contributed by atoms with E-state index in [4.69, 9.17) is 4.74 Å². The van der Waals surface area contributed by atoms with Crippen LogP contribution in [-0.4, -0.2) is 42.8 Å². The summed E-state index contributed by atoms with van der Waals surface area (Å²) >= 11 is 0. The number of carbonyl (C=O) groups excluding carboxylic acids is 1. The predicted molar refractivity (Wildman–Crippen MR) is 85.4 cm³/mol. The maximum atomic E-state index is 12.0. The number of ether oxygens (including phenoxy) is 1. The Labute approximate surface area is 129 Å². The first-order valence-corrected chi connectivity index (χ1v) is 8.63. The van der Waals surface area contributed by atoms with Crippen LogP contribution in [0.15, 0.2) is 0 Å². The van der Waals surface area contributed by atoms with Gasteiger partial charge in [-0.2, -0.15) is 0 Å². The Balaban J connectivity index is 1.62. The lowest BCUT2D eigenvalue weighted by molar-refractivity contribution is 0.0288. The van der Waals surface area contributed by atoms with Crippen molar-refractivity contribution in [2.45, 2.75) is 64.9 Å². The lowest BCUT2D eigenvalue weighted by atomic mass is 9.89. The molecule has 0 aromatic carbocycles. The maximum Gasteiger partial charge on any atom is 0.410 e. The van der Waals surface area contributed by atoms with Crippen molar-refractivity contribution in [2.24, 2.45) is 11.8 Å². The minimum absolute atomic E-state index is 0.155. The Kier molecular flexibility index (Phi) is 5.91. The summed E-state index contributed by atoms with van der Waals surface area (Å²) in [6, 6.07) is 0. The third-order valence-corrected chi connectivity index (χ3v) is 4.53. The molecule has 21 heavy (non-hydrogen) atoms. The molecule has 1 aliphatic heterocycles. The molecule has 1 aliphatic carbocycles. The highest BCUT2D eigenvalue weighted by atomic mass is 16.6. The van der Waals surface area contributed by atoms with E-state index in [2.05, 4.69) is 5.32 Å². The topological polar surface area (TPSA) is 41.6 Å². The van der Waals surface area contributed by atoms with Crippen molar-refractivity contribution in [2.75, 3.05) is 26.2 Å². The highest BCUT2D eigenvalue weighted by Gasteiger charge is 2.29. The summed E-state index contributed by atoms with van der Waals surface area (Å²) in [6.07, 6.45) is 7.95. The third kappa shape index (κ3) is 5.85. The average Bonchev–Trinajstić information content (AvgIpc) is 2.87. The summed E-state index contributed by atoms with van der Waals surface area (Å²) in [4.78, 5) is 13.9. The molecule has 0 aromatic heterocycles. The molecular formula is C17H32N2O2. The van der Waals surface area contributed by atoms with Crippen molar-refractivity contribution >= 4 is 6.09 Å². The van der Waals surface area contributed by atoms with Gasteiger partial charge in [0.2, 0.25) is 0 Å². The Morgan fingerprint density at radius 3 is 2.43 bits per heavy atom. The minimum atomic E-state index is -0.394. The van der Waals surface area contributed by atoms with E-state index < -0.39 is 5.60 Å². The summed E-state index contributed by atoms with van der Waals surface area (Å²) in [5, 5.41) is 3.63. The van der Waals surface area contributed by atoms with Crippen LogP contribution in [0.1, 0.15) is 59.3 Å². The summed E-state index contributed by atoms with van der Waals surface area (Å²) in [6.45, 7) is 9.63. The second kappa shape index (κ2) is 7.48. The van der Waals surface area contributed by atoms with Crippen molar-refractivity contribution in [1.82, 2.24) is 10.2 Å². The van der Waals surface area contributed by atoms with Crippen molar-refractivity contribution in [3.8, 4) is 0 Å².